The molecule has 0 amide bonds. The standard InChI is InChI=1S/C15H18F2N4/c1-3-8-18-14-10(4-2)15(20-9-19-14)21-13-11(16)6-5-7-12(13)17/h5-7,9H,3-4,8H2,1-2H3,(H2,18,19,20,21). The summed E-state index contributed by atoms with van der Waals surface area (Å²) in [5.74, 6) is -0.207. The second-order valence-electron chi connectivity index (χ2n) is 4.55. The highest BCUT2D eigenvalue weighted by Crippen LogP contribution is 2.27. The van der Waals surface area contributed by atoms with Gasteiger partial charge in [-0.05, 0) is 25.0 Å². The van der Waals surface area contributed by atoms with Gasteiger partial charge in [-0.15, -0.1) is 0 Å². The fourth-order valence-corrected chi connectivity index (χ4v) is 1.99. The van der Waals surface area contributed by atoms with Crippen molar-refractivity contribution in [3.8, 4) is 0 Å². The first kappa shape index (κ1) is 15.2. The van der Waals surface area contributed by atoms with E-state index < -0.39 is 11.6 Å². The lowest BCUT2D eigenvalue weighted by atomic mass is 10.2. The average Bonchev–Trinajstić information content (AvgIpc) is 2.49. The van der Waals surface area contributed by atoms with Gasteiger partial charge in [0.05, 0.1) is 0 Å². The van der Waals surface area contributed by atoms with Gasteiger partial charge in [-0.3, -0.25) is 0 Å². The van der Waals surface area contributed by atoms with Gasteiger partial charge in [-0.2, -0.15) is 0 Å². The van der Waals surface area contributed by atoms with Crippen LogP contribution in [0.1, 0.15) is 25.8 Å². The van der Waals surface area contributed by atoms with Gasteiger partial charge in [0, 0.05) is 12.1 Å². The molecule has 0 atom stereocenters. The molecule has 2 rings (SSSR count). The Kier molecular flexibility index (Phi) is 5.03. The zero-order valence-corrected chi connectivity index (χ0v) is 12.1. The molecule has 0 saturated carbocycles. The molecule has 2 aromatic rings. The van der Waals surface area contributed by atoms with E-state index in [0.717, 1.165) is 18.5 Å². The summed E-state index contributed by atoms with van der Waals surface area (Å²) in [5, 5.41) is 5.93. The van der Waals surface area contributed by atoms with Crippen LogP contribution in [0.5, 0.6) is 0 Å². The molecule has 112 valence electrons. The Morgan fingerprint density at radius 2 is 1.71 bits per heavy atom. The molecule has 0 aliphatic rings. The fraction of sp³-hybridized carbons (Fsp3) is 0.333. The molecule has 0 aliphatic heterocycles. The normalized spacial score (nSPS) is 10.5. The predicted molar refractivity (Wildman–Crippen MR) is 79.8 cm³/mol. The van der Waals surface area contributed by atoms with Crippen LogP contribution in [0.15, 0.2) is 24.5 Å². The third kappa shape index (κ3) is 3.45. The number of benzene rings is 1. The molecule has 1 heterocycles. The van der Waals surface area contributed by atoms with E-state index in [1.54, 1.807) is 0 Å². The number of hydrogen-bond acceptors (Lipinski definition) is 4. The molecule has 0 bridgehead atoms. The quantitative estimate of drug-likeness (QED) is 0.848. The van der Waals surface area contributed by atoms with Gasteiger partial charge in [0.1, 0.15) is 35.3 Å². The molecule has 1 aromatic carbocycles. The van der Waals surface area contributed by atoms with Crippen LogP contribution >= 0.6 is 0 Å². The minimum atomic E-state index is -0.654. The zero-order valence-electron chi connectivity index (χ0n) is 12.1. The summed E-state index contributed by atoms with van der Waals surface area (Å²) >= 11 is 0. The van der Waals surface area contributed by atoms with Crippen molar-refractivity contribution < 1.29 is 8.78 Å². The molecule has 0 fully saturated rings. The second-order valence-corrected chi connectivity index (χ2v) is 4.55. The number of anilines is 3. The minimum absolute atomic E-state index is 0.202. The summed E-state index contributed by atoms with van der Waals surface area (Å²) in [5.41, 5.74) is 0.598. The predicted octanol–water partition coefficient (Wildman–Crippen LogP) is 3.88. The smallest absolute Gasteiger partial charge is 0.149 e. The number of nitrogens with one attached hydrogen (secondary N) is 2. The first-order valence-electron chi connectivity index (χ1n) is 6.96. The fourth-order valence-electron chi connectivity index (χ4n) is 1.99. The molecule has 0 aliphatic carbocycles. The van der Waals surface area contributed by atoms with Crippen LogP contribution < -0.4 is 10.6 Å². The maximum Gasteiger partial charge on any atom is 0.149 e. The first-order valence-corrected chi connectivity index (χ1v) is 6.96. The van der Waals surface area contributed by atoms with E-state index in [0.29, 0.717) is 18.1 Å². The van der Waals surface area contributed by atoms with Gasteiger partial charge >= 0.3 is 0 Å². The van der Waals surface area contributed by atoms with Crippen LogP contribution in [0.25, 0.3) is 0 Å². The molecule has 6 heteroatoms. The Labute approximate surface area is 122 Å². The van der Waals surface area contributed by atoms with E-state index in [1.807, 2.05) is 13.8 Å². The lowest BCUT2D eigenvalue weighted by Gasteiger charge is -2.14. The Hall–Kier alpha value is -2.24. The summed E-state index contributed by atoms with van der Waals surface area (Å²) in [6, 6.07) is 3.73. The molecule has 0 unspecified atom stereocenters. The molecular weight excluding hydrogens is 274 g/mol. The topological polar surface area (TPSA) is 49.8 Å². The third-order valence-corrected chi connectivity index (χ3v) is 3.05. The van der Waals surface area contributed by atoms with Crippen LogP contribution in [-0.2, 0) is 6.42 Å². The minimum Gasteiger partial charge on any atom is -0.370 e. The van der Waals surface area contributed by atoms with Gasteiger partial charge in [0.25, 0.3) is 0 Å². The van der Waals surface area contributed by atoms with Crippen LogP contribution in [0.2, 0.25) is 0 Å². The van der Waals surface area contributed by atoms with Crippen molar-refractivity contribution in [3.63, 3.8) is 0 Å². The average molecular weight is 292 g/mol. The van der Waals surface area contributed by atoms with Gasteiger partial charge in [0.2, 0.25) is 0 Å². The summed E-state index contributed by atoms with van der Waals surface area (Å²) in [7, 11) is 0. The van der Waals surface area contributed by atoms with Crippen LogP contribution in [0.4, 0.5) is 26.1 Å². The van der Waals surface area contributed by atoms with E-state index in [4.69, 9.17) is 0 Å². The highest BCUT2D eigenvalue weighted by Gasteiger charge is 2.14. The Balaban J connectivity index is 2.35. The zero-order chi connectivity index (χ0) is 15.2. The summed E-state index contributed by atoms with van der Waals surface area (Å²) in [4.78, 5) is 8.28. The van der Waals surface area contributed by atoms with Gasteiger partial charge < -0.3 is 10.6 Å². The van der Waals surface area contributed by atoms with Gasteiger partial charge in [-0.25, -0.2) is 18.7 Å². The highest BCUT2D eigenvalue weighted by atomic mass is 19.1. The highest BCUT2D eigenvalue weighted by molar-refractivity contribution is 5.65. The molecule has 4 nitrogen and oxygen atoms in total. The number of aromatic nitrogens is 2. The molecule has 0 saturated heterocycles. The van der Waals surface area contributed by atoms with Crippen LogP contribution in [0, 0.1) is 11.6 Å². The maximum absolute atomic E-state index is 13.7. The third-order valence-electron chi connectivity index (χ3n) is 3.05. The van der Waals surface area contributed by atoms with E-state index >= 15 is 0 Å². The monoisotopic (exact) mass is 292 g/mol. The van der Waals surface area contributed by atoms with E-state index in [1.165, 1.54) is 24.5 Å². The van der Waals surface area contributed by atoms with Crippen LogP contribution in [0.3, 0.4) is 0 Å². The summed E-state index contributed by atoms with van der Waals surface area (Å²) < 4.78 is 27.4. The lowest BCUT2D eigenvalue weighted by molar-refractivity contribution is 0.590. The Morgan fingerprint density at radius 3 is 2.33 bits per heavy atom. The van der Waals surface area contributed by atoms with Gasteiger partial charge in [-0.1, -0.05) is 19.9 Å². The number of halogens is 2. The molecular formula is C15H18F2N4. The molecule has 0 radical (unpaired) electrons. The van der Waals surface area contributed by atoms with Crippen molar-refractivity contribution in [1.82, 2.24) is 9.97 Å². The Morgan fingerprint density at radius 1 is 1.05 bits per heavy atom. The molecule has 1 aromatic heterocycles. The largest absolute Gasteiger partial charge is 0.370 e. The van der Waals surface area contributed by atoms with Crippen molar-refractivity contribution in [2.45, 2.75) is 26.7 Å². The SMILES string of the molecule is CCCNc1ncnc(Nc2c(F)cccc2F)c1CC. The summed E-state index contributed by atoms with van der Waals surface area (Å²) in [6.07, 6.45) is 2.97. The number of nitrogens with zero attached hydrogens (tertiary/aromatic N) is 2. The van der Waals surface area contributed by atoms with E-state index in [9.17, 15) is 8.78 Å². The van der Waals surface area contributed by atoms with E-state index in [-0.39, 0.29) is 5.69 Å². The molecule has 21 heavy (non-hydrogen) atoms. The van der Waals surface area contributed by atoms with Crippen molar-refractivity contribution in [3.05, 3.63) is 41.7 Å². The molecule has 0 spiro atoms. The van der Waals surface area contributed by atoms with Gasteiger partial charge in [0.15, 0.2) is 0 Å². The van der Waals surface area contributed by atoms with E-state index in [2.05, 4.69) is 20.6 Å². The van der Waals surface area contributed by atoms with Crippen LogP contribution in [-0.4, -0.2) is 16.5 Å². The maximum atomic E-state index is 13.7. The number of rotatable bonds is 6. The van der Waals surface area contributed by atoms with Crippen molar-refractivity contribution >= 4 is 17.3 Å². The van der Waals surface area contributed by atoms with Crippen molar-refractivity contribution in [1.29, 1.82) is 0 Å². The first-order chi connectivity index (χ1) is 10.2. The van der Waals surface area contributed by atoms with Crippen molar-refractivity contribution in [2.24, 2.45) is 0 Å². The molecule has 2 N–H and O–H groups in total. The lowest BCUT2D eigenvalue weighted by Crippen LogP contribution is -2.09. The second kappa shape index (κ2) is 6.97. The van der Waals surface area contributed by atoms with Crippen molar-refractivity contribution in [2.75, 3.05) is 17.2 Å². The Bertz CT molecular complexity index is 596. The number of para-hydroxylation sites is 1. The number of hydrogen-bond donors (Lipinski definition) is 2. The summed E-state index contributed by atoms with van der Waals surface area (Å²) in [6.45, 7) is 4.77.